The maximum atomic E-state index is 10.9. The molecule has 1 spiro atoms. The van der Waals surface area contributed by atoms with Crippen LogP contribution in [0.4, 0.5) is 0 Å². The Morgan fingerprint density at radius 3 is 2.30 bits per heavy atom. The minimum Gasteiger partial charge on any atom is -0.315 e. The maximum absolute atomic E-state index is 10.9. The molecule has 4 nitrogen and oxygen atoms in total. The smallest absolute Gasteiger partial charge is 0.243 e. The van der Waals surface area contributed by atoms with Crippen molar-refractivity contribution in [1.82, 2.24) is 10.6 Å². The summed E-state index contributed by atoms with van der Waals surface area (Å²) in [7, 11) is 0. The summed E-state index contributed by atoms with van der Waals surface area (Å²) in [5.41, 5.74) is -0.667. The van der Waals surface area contributed by atoms with Crippen LogP contribution in [0.1, 0.15) is 6.42 Å². The number of hydrogen-bond donors (Lipinski definition) is 2. The van der Waals surface area contributed by atoms with Gasteiger partial charge in [-0.15, -0.1) is 0 Å². The van der Waals surface area contributed by atoms with Crippen LogP contribution in [0.25, 0.3) is 0 Å². The van der Waals surface area contributed by atoms with E-state index < -0.39 is 5.41 Å². The number of rotatable bonds is 0. The zero-order valence-electron chi connectivity index (χ0n) is 5.44. The Hall–Kier alpha value is -0.900. The van der Waals surface area contributed by atoms with Gasteiger partial charge in [-0.2, -0.15) is 0 Å². The summed E-state index contributed by atoms with van der Waals surface area (Å²) in [6.07, 6.45) is 0.664. The zero-order chi connectivity index (χ0) is 7.19. The van der Waals surface area contributed by atoms with Crippen molar-refractivity contribution < 1.29 is 9.59 Å². The summed E-state index contributed by atoms with van der Waals surface area (Å²) in [6.45, 7) is 1.30. The Kier molecular flexibility index (Phi) is 0.922. The topological polar surface area (TPSA) is 58.2 Å². The van der Waals surface area contributed by atoms with Gasteiger partial charge in [0.15, 0.2) is 0 Å². The predicted octanol–water partition coefficient (Wildman–Crippen LogP) is -1.38. The molecule has 0 aromatic carbocycles. The van der Waals surface area contributed by atoms with Gasteiger partial charge < -0.3 is 5.32 Å². The van der Waals surface area contributed by atoms with Gasteiger partial charge in [0.2, 0.25) is 11.8 Å². The van der Waals surface area contributed by atoms with E-state index in [1.165, 1.54) is 0 Å². The zero-order valence-corrected chi connectivity index (χ0v) is 5.44. The average molecular weight is 140 g/mol. The lowest BCUT2D eigenvalue weighted by Gasteiger charge is -2.33. The first kappa shape index (κ1) is 5.85. The molecule has 0 saturated carbocycles. The normalized spacial score (nSPS) is 28.4. The summed E-state index contributed by atoms with van der Waals surface area (Å²) in [5.74, 6) is -0.218. The van der Waals surface area contributed by atoms with Gasteiger partial charge >= 0.3 is 0 Å². The number of carbonyl (C=O) groups is 2. The summed E-state index contributed by atoms with van der Waals surface area (Å²) >= 11 is 0. The van der Waals surface area contributed by atoms with Crippen LogP contribution in [0.3, 0.4) is 0 Å². The SMILES string of the molecule is O=C1NC(=O)C12CCNC2. The van der Waals surface area contributed by atoms with Gasteiger partial charge in [0.1, 0.15) is 5.41 Å². The Morgan fingerprint density at radius 2 is 2.00 bits per heavy atom. The fourth-order valence-corrected chi connectivity index (χ4v) is 1.46. The molecule has 4 heteroatoms. The molecule has 0 aliphatic carbocycles. The monoisotopic (exact) mass is 140 g/mol. The van der Waals surface area contributed by atoms with E-state index in [4.69, 9.17) is 0 Å². The maximum Gasteiger partial charge on any atom is 0.243 e. The van der Waals surface area contributed by atoms with Crippen molar-refractivity contribution in [2.45, 2.75) is 6.42 Å². The quantitative estimate of drug-likeness (QED) is 0.322. The molecule has 2 rings (SSSR count). The van der Waals surface area contributed by atoms with Gasteiger partial charge in [-0.1, -0.05) is 0 Å². The van der Waals surface area contributed by atoms with E-state index in [2.05, 4.69) is 10.6 Å². The minimum absolute atomic E-state index is 0.109. The van der Waals surface area contributed by atoms with E-state index in [0.717, 1.165) is 6.54 Å². The third-order valence-corrected chi connectivity index (χ3v) is 2.25. The molecule has 0 aromatic rings. The molecule has 10 heavy (non-hydrogen) atoms. The molecule has 2 heterocycles. The van der Waals surface area contributed by atoms with E-state index in [9.17, 15) is 9.59 Å². The van der Waals surface area contributed by atoms with Crippen molar-refractivity contribution in [2.24, 2.45) is 5.41 Å². The molecule has 2 fully saturated rings. The first-order chi connectivity index (χ1) is 4.76. The summed E-state index contributed by atoms with van der Waals surface area (Å²) in [5, 5.41) is 5.21. The van der Waals surface area contributed by atoms with Gasteiger partial charge in [-0.25, -0.2) is 0 Å². The average Bonchev–Trinajstić information content (AvgIpc) is 2.37. The van der Waals surface area contributed by atoms with Crippen LogP contribution in [0.5, 0.6) is 0 Å². The molecular weight excluding hydrogens is 132 g/mol. The molecule has 2 saturated heterocycles. The molecule has 0 atom stereocenters. The lowest BCUT2D eigenvalue weighted by molar-refractivity contribution is -0.156. The third kappa shape index (κ3) is 0.455. The van der Waals surface area contributed by atoms with Crippen molar-refractivity contribution in [2.75, 3.05) is 13.1 Å². The molecule has 2 N–H and O–H groups in total. The van der Waals surface area contributed by atoms with E-state index in [0.29, 0.717) is 13.0 Å². The van der Waals surface area contributed by atoms with Gasteiger partial charge in [0, 0.05) is 6.54 Å². The van der Waals surface area contributed by atoms with Crippen molar-refractivity contribution >= 4 is 11.8 Å². The Balaban J connectivity index is 2.27. The Labute approximate surface area is 58.0 Å². The highest BCUT2D eigenvalue weighted by atomic mass is 16.2. The minimum atomic E-state index is -0.667. The highest BCUT2D eigenvalue weighted by Gasteiger charge is 2.56. The lowest BCUT2D eigenvalue weighted by Crippen LogP contribution is -2.64. The number of nitrogens with one attached hydrogen (secondary N) is 2. The van der Waals surface area contributed by atoms with E-state index in [1.807, 2.05) is 0 Å². The number of β-lactam (4-membered cyclic amide) rings is 2. The fourth-order valence-electron chi connectivity index (χ4n) is 1.46. The van der Waals surface area contributed by atoms with Crippen LogP contribution in [0.15, 0.2) is 0 Å². The number of imide groups is 1. The standard InChI is InChI=1S/C6H8N2O2/c9-4-6(5(10)8-4)1-2-7-3-6/h7H,1-3H2,(H,8,9,10). The number of hydrogen-bond acceptors (Lipinski definition) is 3. The molecule has 0 bridgehead atoms. The van der Waals surface area contributed by atoms with Crippen LogP contribution in [0, 0.1) is 5.41 Å². The summed E-state index contributed by atoms with van der Waals surface area (Å²) in [4.78, 5) is 21.8. The number of carbonyl (C=O) groups excluding carboxylic acids is 2. The summed E-state index contributed by atoms with van der Waals surface area (Å²) < 4.78 is 0. The highest BCUT2D eigenvalue weighted by Crippen LogP contribution is 2.31. The largest absolute Gasteiger partial charge is 0.315 e. The van der Waals surface area contributed by atoms with Crippen molar-refractivity contribution in [1.29, 1.82) is 0 Å². The van der Waals surface area contributed by atoms with Gasteiger partial charge in [-0.3, -0.25) is 14.9 Å². The molecule has 0 radical (unpaired) electrons. The van der Waals surface area contributed by atoms with Crippen molar-refractivity contribution in [3.63, 3.8) is 0 Å². The molecule has 2 amide bonds. The molecule has 2 aliphatic heterocycles. The first-order valence-corrected chi connectivity index (χ1v) is 3.32. The number of amides is 2. The second kappa shape index (κ2) is 1.58. The van der Waals surface area contributed by atoms with Crippen LogP contribution < -0.4 is 10.6 Å². The summed E-state index contributed by atoms with van der Waals surface area (Å²) in [6, 6.07) is 0. The van der Waals surface area contributed by atoms with E-state index in [1.54, 1.807) is 0 Å². The molecule has 2 aliphatic rings. The second-order valence-corrected chi connectivity index (χ2v) is 2.79. The van der Waals surface area contributed by atoms with E-state index in [-0.39, 0.29) is 11.8 Å². The van der Waals surface area contributed by atoms with E-state index >= 15 is 0 Å². The highest BCUT2D eigenvalue weighted by molar-refractivity contribution is 6.22. The van der Waals surface area contributed by atoms with Crippen molar-refractivity contribution in [3.8, 4) is 0 Å². The molecular formula is C6H8N2O2. The van der Waals surface area contributed by atoms with Crippen LogP contribution >= 0.6 is 0 Å². The third-order valence-electron chi connectivity index (χ3n) is 2.25. The van der Waals surface area contributed by atoms with Crippen molar-refractivity contribution in [3.05, 3.63) is 0 Å². The van der Waals surface area contributed by atoms with Crippen LogP contribution in [-0.2, 0) is 9.59 Å². The predicted molar refractivity (Wildman–Crippen MR) is 33.1 cm³/mol. The van der Waals surface area contributed by atoms with Crippen LogP contribution in [-0.4, -0.2) is 24.9 Å². The van der Waals surface area contributed by atoms with Gasteiger partial charge in [-0.05, 0) is 13.0 Å². The van der Waals surface area contributed by atoms with Gasteiger partial charge in [0.25, 0.3) is 0 Å². The Morgan fingerprint density at radius 1 is 1.30 bits per heavy atom. The van der Waals surface area contributed by atoms with Crippen LogP contribution in [0.2, 0.25) is 0 Å². The Bertz CT molecular complexity index is 190. The fraction of sp³-hybridized carbons (Fsp3) is 0.667. The molecule has 0 unspecified atom stereocenters. The molecule has 0 aromatic heterocycles. The second-order valence-electron chi connectivity index (χ2n) is 2.79. The lowest BCUT2D eigenvalue weighted by atomic mass is 9.79. The first-order valence-electron chi connectivity index (χ1n) is 3.32. The molecule has 54 valence electrons. The van der Waals surface area contributed by atoms with Gasteiger partial charge in [0.05, 0.1) is 0 Å².